The molecule has 5 rings (SSSR count). The van der Waals surface area contributed by atoms with Crippen LogP contribution in [-0.4, -0.2) is 44.2 Å². The van der Waals surface area contributed by atoms with Gasteiger partial charge in [0, 0.05) is 49.2 Å². The standard InChI is InChI=1S/C24H21F2N5O2/c1-13-22-17(23(30(2)29-22)14-8-15(25)10-16(9-14)33-3)4-7-31(13)24(32)18-11-20-21(12-19(18)26)28-6-5-27-20/h5-6,8-13H,4,7H2,1-3H3/t13-/m0/s1. The molecule has 1 aliphatic heterocycles. The summed E-state index contributed by atoms with van der Waals surface area (Å²) in [4.78, 5) is 23.2. The summed E-state index contributed by atoms with van der Waals surface area (Å²) >= 11 is 0. The van der Waals surface area contributed by atoms with Gasteiger partial charge in [-0.2, -0.15) is 5.10 Å². The zero-order chi connectivity index (χ0) is 23.3. The number of rotatable bonds is 3. The van der Waals surface area contributed by atoms with Gasteiger partial charge in [-0.15, -0.1) is 0 Å². The molecule has 0 aliphatic carbocycles. The van der Waals surface area contributed by atoms with Crippen molar-refractivity contribution in [1.82, 2.24) is 24.6 Å². The van der Waals surface area contributed by atoms with Crippen LogP contribution in [0.25, 0.3) is 22.3 Å². The van der Waals surface area contributed by atoms with Crippen molar-refractivity contribution in [3.05, 3.63) is 71.2 Å². The van der Waals surface area contributed by atoms with Crippen molar-refractivity contribution in [2.24, 2.45) is 7.05 Å². The SMILES string of the molecule is COc1cc(F)cc(-c2c3c(nn2C)[C@H](C)N(C(=O)c2cc4nccnc4cc2F)CC3)c1. The second-order valence-corrected chi connectivity index (χ2v) is 8.02. The Morgan fingerprint density at radius 3 is 2.55 bits per heavy atom. The molecule has 9 heteroatoms. The molecule has 0 radical (unpaired) electrons. The van der Waals surface area contributed by atoms with Gasteiger partial charge in [0.15, 0.2) is 0 Å². The van der Waals surface area contributed by atoms with Crippen molar-refractivity contribution in [2.45, 2.75) is 19.4 Å². The number of ether oxygens (including phenoxy) is 1. The maximum absolute atomic E-state index is 14.8. The summed E-state index contributed by atoms with van der Waals surface area (Å²) in [5.74, 6) is -1.07. The Morgan fingerprint density at radius 2 is 1.82 bits per heavy atom. The number of aromatic nitrogens is 4. The van der Waals surface area contributed by atoms with Gasteiger partial charge in [-0.1, -0.05) is 0 Å². The van der Waals surface area contributed by atoms with E-state index < -0.39 is 23.6 Å². The monoisotopic (exact) mass is 449 g/mol. The average Bonchev–Trinajstić information content (AvgIpc) is 3.14. The molecule has 168 valence electrons. The highest BCUT2D eigenvalue weighted by atomic mass is 19.1. The Balaban J connectivity index is 1.52. The first-order valence-electron chi connectivity index (χ1n) is 10.5. The minimum absolute atomic E-state index is 0.0516. The molecular weight excluding hydrogens is 428 g/mol. The average molecular weight is 449 g/mol. The number of hydrogen-bond acceptors (Lipinski definition) is 5. The zero-order valence-corrected chi connectivity index (χ0v) is 18.3. The van der Waals surface area contributed by atoms with E-state index in [4.69, 9.17) is 4.74 Å². The second-order valence-electron chi connectivity index (χ2n) is 8.02. The van der Waals surface area contributed by atoms with Crippen molar-refractivity contribution >= 4 is 16.9 Å². The molecule has 2 aromatic carbocycles. The number of nitrogens with zero attached hydrogens (tertiary/aromatic N) is 5. The van der Waals surface area contributed by atoms with E-state index in [0.717, 1.165) is 11.3 Å². The molecule has 0 saturated heterocycles. The largest absolute Gasteiger partial charge is 0.497 e. The number of carbonyl (C=O) groups is 1. The highest BCUT2D eigenvalue weighted by Crippen LogP contribution is 2.37. The molecule has 0 N–H and O–H groups in total. The van der Waals surface area contributed by atoms with Crippen LogP contribution in [0.4, 0.5) is 8.78 Å². The van der Waals surface area contributed by atoms with Gasteiger partial charge in [0.05, 0.1) is 41.1 Å². The first-order chi connectivity index (χ1) is 15.9. The molecule has 1 aliphatic rings. The van der Waals surface area contributed by atoms with Gasteiger partial charge in [0.25, 0.3) is 5.91 Å². The van der Waals surface area contributed by atoms with Gasteiger partial charge >= 0.3 is 0 Å². The molecule has 0 spiro atoms. The lowest BCUT2D eigenvalue weighted by Gasteiger charge is -2.33. The molecule has 0 bridgehead atoms. The first kappa shape index (κ1) is 21.0. The van der Waals surface area contributed by atoms with Gasteiger partial charge in [0.2, 0.25) is 0 Å². The van der Waals surface area contributed by atoms with Gasteiger partial charge in [-0.25, -0.2) is 8.78 Å². The fourth-order valence-corrected chi connectivity index (χ4v) is 4.50. The smallest absolute Gasteiger partial charge is 0.257 e. The molecule has 0 saturated carbocycles. The Bertz CT molecular complexity index is 1400. The number of aryl methyl sites for hydroxylation is 1. The van der Waals surface area contributed by atoms with E-state index in [2.05, 4.69) is 15.1 Å². The summed E-state index contributed by atoms with van der Waals surface area (Å²) in [6.07, 6.45) is 3.48. The minimum atomic E-state index is -0.639. The van der Waals surface area contributed by atoms with Crippen LogP contribution in [0.2, 0.25) is 0 Å². The van der Waals surface area contributed by atoms with Crippen LogP contribution in [0.5, 0.6) is 5.75 Å². The minimum Gasteiger partial charge on any atom is -0.497 e. The van der Waals surface area contributed by atoms with Crippen LogP contribution in [0, 0.1) is 11.6 Å². The van der Waals surface area contributed by atoms with Gasteiger partial charge in [-0.05, 0) is 31.5 Å². The lowest BCUT2D eigenvalue weighted by atomic mass is 9.95. The lowest BCUT2D eigenvalue weighted by Crippen LogP contribution is -2.39. The number of halogens is 2. The summed E-state index contributed by atoms with van der Waals surface area (Å²) in [6, 6.07) is 6.78. The Hall–Kier alpha value is -3.88. The van der Waals surface area contributed by atoms with Crippen LogP contribution >= 0.6 is 0 Å². The number of amides is 1. The molecule has 0 fully saturated rings. The fourth-order valence-electron chi connectivity index (χ4n) is 4.50. The molecule has 0 unspecified atom stereocenters. The summed E-state index contributed by atoms with van der Waals surface area (Å²) < 4.78 is 35.8. The number of benzene rings is 2. The van der Waals surface area contributed by atoms with Crippen LogP contribution in [0.3, 0.4) is 0 Å². The quantitative estimate of drug-likeness (QED) is 0.471. The van der Waals surface area contributed by atoms with Crippen molar-refractivity contribution in [2.75, 3.05) is 13.7 Å². The lowest BCUT2D eigenvalue weighted by molar-refractivity contribution is 0.0669. The molecule has 2 aromatic heterocycles. The topological polar surface area (TPSA) is 73.1 Å². The van der Waals surface area contributed by atoms with Crippen molar-refractivity contribution in [3.8, 4) is 17.0 Å². The maximum Gasteiger partial charge on any atom is 0.257 e. The Morgan fingerprint density at radius 1 is 1.09 bits per heavy atom. The second kappa shape index (κ2) is 7.91. The number of carbonyl (C=O) groups excluding carboxylic acids is 1. The Labute approximate surface area is 188 Å². The molecule has 7 nitrogen and oxygen atoms in total. The van der Waals surface area contributed by atoms with Crippen LogP contribution < -0.4 is 4.74 Å². The van der Waals surface area contributed by atoms with E-state index in [-0.39, 0.29) is 5.56 Å². The zero-order valence-electron chi connectivity index (χ0n) is 18.3. The predicted octanol–water partition coefficient (Wildman–Crippen LogP) is 4.08. The number of hydrogen-bond donors (Lipinski definition) is 0. The third-order valence-corrected chi connectivity index (χ3v) is 6.07. The fraction of sp³-hybridized carbons (Fsp3) is 0.250. The van der Waals surface area contributed by atoms with E-state index in [1.54, 1.807) is 22.7 Å². The molecular formula is C24H21F2N5O2. The van der Waals surface area contributed by atoms with Gasteiger partial charge < -0.3 is 9.64 Å². The van der Waals surface area contributed by atoms with Gasteiger partial charge in [-0.3, -0.25) is 19.4 Å². The molecule has 1 atom stereocenters. The van der Waals surface area contributed by atoms with E-state index in [0.29, 0.717) is 41.0 Å². The maximum atomic E-state index is 14.8. The summed E-state index contributed by atoms with van der Waals surface area (Å²) in [6.45, 7) is 2.23. The van der Waals surface area contributed by atoms with Crippen LogP contribution in [-0.2, 0) is 13.5 Å². The first-order valence-corrected chi connectivity index (χ1v) is 10.5. The molecule has 1 amide bonds. The van der Waals surface area contributed by atoms with Gasteiger partial charge in [0.1, 0.15) is 17.4 Å². The van der Waals surface area contributed by atoms with E-state index in [9.17, 15) is 13.6 Å². The van der Waals surface area contributed by atoms with E-state index in [1.807, 2.05) is 6.92 Å². The van der Waals surface area contributed by atoms with Crippen molar-refractivity contribution in [1.29, 1.82) is 0 Å². The van der Waals surface area contributed by atoms with Crippen molar-refractivity contribution in [3.63, 3.8) is 0 Å². The number of methoxy groups -OCH3 is 1. The highest BCUT2D eigenvalue weighted by molar-refractivity contribution is 5.98. The summed E-state index contributed by atoms with van der Waals surface area (Å²) in [7, 11) is 3.27. The molecule has 3 heterocycles. The molecule has 33 heavy (non-hydrogen) atoms. The normalized spacial score (nSPS) is 15.5. The third kappa shape index (κ3) is 3.49. The van der Waals surface area contributed by atoms with Crippen molar-refractivity contribution < 1.29 is 18.3 Å². The van der Waals surface area contributed by atoms with E-state index >= 15 is 0 Å². The van der Waals surface area contributed by atoms with Crippen LogP contribution in [0.15, 0.2) is 42.7 Å². The third-order valence-electron chi connectivity index (χ3n) is 6.07. The highest BCUT2D eigenvalue weighted by Gasteiger charge is 2.34. The predicted molar refractivity (Wildman–Crippen MR) is 118 cm³/mol. The summed E-state index contributed by atoms with van der Waals surface area (Å²) in [5, 5.41) is 4.64. The summed E-state index contributed by atoms with van der Waals surface area (Å²) in [5.41, 5.74) is 3.85. The van der Waals surface area contributed by atoms with Crippen LogP contribution in [0.1, 0.15) is 34.6 Å². The number of fused-ring (bicyclic) bond motifs is 2. The Kier molecular flexibility index (Phi) is 5.03. The van der Waals surface area contributed by atoms with E-state index in [1.165, 1.54) is 43.8 Å². The molecule has 4 aromatic rings.